The Morgan fingerprint density at radius 1 is 1.30 bits per heavy atom. The standard InChI is InChI=1S/C13H10ClN5O/c1-20-8-2-3-10-9(4-8)13-15-6-17-19(13)5-11-12(14)16-7-18(10)11/h2-4,6-7H,5H2,1H3. The maximum Gasteiger partial charge on any atom is 0.160 e. The highest BCUT2D eigenvalue weighted by atomic mass is 35.5. The fraction of sp³-hybridized carbons (Fsp3) is 0.154. The lowest BCUT2D eigenvalue weighted by Gasteiger charge is -2.09. The van der Waals surface area contributed by atoms with E-state index in [1.165, 1.54) is 0 Å². The van der Waals surface area contributed by atoms with E-state index in [2.05, 4.69) is 15.1 Å². The van der Waals surface area contributed by atoms with Crippen LogP contribution in [0, 0.1) is 0 Å². The molecule has 6 nitrogen and oxygen atoms in total. The molecule has 3 aromatic rings. The molecule has 0 amide bonds. The van der Waals surface area contributed by atoms with Gasteiger partial charge in [0.05, 0.1) is 25.0 Å². The van der Waals surface area contributed by atoms with E-state index >= 15 is 0 Å². The van der Waals surface area contributed by atoms with Gasteiger partial charge in [-0.05, 0) is 18.2 Å². The Morgan fingerprint density at radius 2 is 2.20 bits per heavy atom. The van der Waals surface area contributed by atoms with Gasteiger partial charge >= 0.3 is 0 Å². The van der Waals surface area contributed by atoms with Gasteiger partial charge in [0.1, 0.15) is 18.4 Å². The normalized spacial score (nSPS) is 12.3. The fourth-order valence-electron chi connectivity index (χ4n) is 2.46. The van der Waals surface area contributed by atoms with Gasteiger partial charge in [-0.2, -0.15) is 5.10 Å². The summed E-state index contributed by atoms with van der Waals surface area (Å²) in [6, 6.07) is 5.82. The average molecular weight is 288 g/mol. The molecule has 2 aromatic heterocycles. The van der Waals surface area contributed by atoms with Crippen LogP contribution in [0.2, 0.25) is 5.15 Å². The van der Waals surface area contributed by atoms with Gasteiger partial charge in [0.25, 0.3) is 0 Å². The minimum Gasteiger partial charge on any atom is -0.497 e. The molecule has 4 rings (SSSR count). The lowest BCUT2D eigenvalue weighted by molar-refractivity contribution is 0.415. The first-order chi connectivity index (χ1) is 9.78. The van der Waals surface area contributed by atoms with Gasteiger partial charge in [0.15, 0.2) is 11.0 Å². The van der Waals surface area contributed by atoms with Gasteiger partial charge < -0.3 is 4.74 Å². The summed E-state index contributed by atoms with van der Waals surface area (Å²) >= 11 is 6.17. The summed E-state index contributed by atoms with van der Waals surface area (Å²) in [5.41, 5.74) is 2.80. The van der Waals surface area contributed by atoms with Crippen molar-refractivity contribution in [2.75, 3.05) is 7.11 Å². The number of rotatable bonds is 1. The highest BCUT2D eigenvalue weighted by molar-refractivity contribution is 6.30. The molecule has 7 heteroatoms. The predicted octanol–water partition coefficient (Wildman–Crippen LogP) is 2.15. The fourth-order valence-corrected chi connectivity index (χ4v) is 2.66. The molecule has 3 heterocycles. The van der Waals surface area contributed by atoms with Crippen molar-refractivity contribution >= 4 is 11.6 Å². The second-order valence-corrected chi connectivity index (χ2v) is 4.83. The Balaban J connectivity index is 2.08. The number of ether oxygens (including phenoxy) is 1. The smallest absolute Gasteiger partial charge is 0.160 e. The summed E-state index contributed by atoms with van der Waals surface area (Å²) in [5, 5.41) is 4.74. The molecule has 0 N–H and O–H groups in total. The SMILES string of the molecule is COc1ccc2c(c1)-c1ncnn1Cc1c(Cl)ncn1-2. The zero-order valence-corrected chi connectivity index (χ0v) is 11.4. The first kappa shape index (κ1) is 11.5. The summed E-state index contributed by atoms with van der Waals surface area (Å²) in [6.07, 6.45) is 3.26. The van der Waals surface area contributed by atoms with E-state index in [-0.39, 0.29) is 0 Å². The molecule has 0 radical (unpaired) electrons. The molecule has 0 aliphatic carbocycles. The highest BCUT2D eigenvalue weighted by Crippen LogP contribution is 2.34. The molecular formula is C13H10ClN5O. The van der Waals surface area contributed by atoms with Gasteiger partial charge in [-0.25, -0.2) is 14.6 Å². The van der Waals surface area contributed by atoms with Crippen LogP contribution < -0.4 is 4.74 Å². The van der Waals surface area contributed by atoms with Crippen molar-refractivity contribution in [2.24, 2.45) is 0 Å². The van der Waals surface area contributed by atoms with Crippen molar-refractivity contribution in [1.29, 1.82) is 0 Å². The van der Waals surface area contributed by atoms with E-state index < -0.39 is 0 Å². The van der Waals surface area contributed by atoms with E-state index in [0.29, 0.717) is 11.7 Å². The molecule has 20 heavy (non-hydrogen) atoms. The molecule has 1 aliphatic rings. The van der Waals surface area contributed by atoms with Crippen LogP contribution in [0.3, 0.4) is 0 Å². The summed E-state index contributed by atoms with van der Waals surface area (Å²) < 4.78 is 9.07. The third-order valence-electron chi connectivity index (χ3n) is 3.43. The van der Waals surface area contributed by atoms with Gasteiger partial charge in [0, 0.05) is 5.56 Å². The van der Waals surface area contributed by atoms with Gasteiger partial charge in [0.2, 0.25) is 0 Å². The molecule has 1 aliphatic heterocycles. The molecular weight excluding hydrogens is 278 g/mol. The number of nitrogens with zero attached hydrogens (tertiary/aromatic N) is 5. The molecule has 0 fully saturated rings. The molecule has 0 atom stereocenters. The summed E-state index contributed by atoms with van der Waals surface area (Å²) in [4.78, 5) is 8.52. The average Bonchev–Trinajstić information content (AvgIpc) is 3.04. The van der Waals surface area contributed by atoms with E-state index in [1.807, 2.05) is 27.4 Å². The van der Waals surface area contributed by atoms with Crippen LogP contribution in [0.5, 0.6) is 5.75 Å². The topological polar surface area (TPSA) is 57.8 Å². The van der Waals surface area contributed by atoms with Gasteiger partial charge in [-0.15, -0.1) is 0 Å². The van der Waals surface area contributed by atoms with Crippen LogP contribution in [0.4, 0.5) is 0 Å². The van der Waals surface area contributed by atoms with Crippen LogP contribution >= 0.6 is 11.6 Å². The number of benzene rings is 1. The molecule has 0 unspecified atom stereocenters. The molecule has 100 valence electrons. The second-order valence-electron chi connectivity index (χ2n) is 4.48. The Bertz CT molecular complexity index is 807. The predicted molar refractivity (Wildman–Crippen MR) is 73.2 cm³/mol. The quantitative estimate of drug-likeness (QED) is 0.538. The minimum atomic E-state index is 0.482. The van der Waals surface area contributed by atoms with Crippen molar-refractivity contribution < 1.29 is 4.74 Å². The van der Waals surface area contributed by atoms with Crippen LogP contribution in [0.15, 0.2) is 30.9 Å². The lowest BCUT2D eigenvalue weighted by atomic mass is 10.1. The number of methoxy groups -OCH3 is 1. The molecule has 0 spiro atoms. The van der Waals surface area contributed by atoms with Gasteiger partial charge in [-0.3, -0.25) is 4.57 Å². The largest absolute Gasteiger partial charge is 0.497 e. The molecule has 0 saturated carbocycles. The summed E-state index contributed by atoms with van der Waals surface area (Å²) in [6.45, 7) is 0.533. The molecule has 0 saturated heterocycles. The number of halogens is 1. The lowest BCUT2D eigenvalue weighted by Crippen LogP contribution is -2.04. The maximum absolute atomic E-state index is 6.17. The Morgan fingerprint density at radius 3 is 3.05 bits per heavy atom. The minimum absolute atomic E-state index is 0.482. The van der Waals surface area contributed by atoms with Crippen LogP contribution in [-0.2, 0) is 6.54 Å². The Hall–Kier alpha value is -2.34. The monoisotopic (exact) mass is 287 g/mol. The number of imidazole rings is 1. The summed E-state index contributed by atoms with van der Waals surface area (Å²) in [7, 11) is 1.64. The van der Waals surface area contributed by atoms with Crippen molar-refractivity contribution in [1.82, 2.24) is 24.3 Å². The summed E-state index contributed by atoms with van der Waals surface area (Å²) in [5.74, 6) is 1.56. The zero-order chi connectivity index (χ0) is 13.7. The van der Waals surface area contributed by atoms with Gasteiger partial charge in [-0.1, -0.05) is 11.6 Å². The van der Waals surface area contributed by atoms with Crippen molar-refractivity contribution in [2.45, 2.75) is 6.54 Å². The number of fused-ring (bicyclic) bond motifs is 5. The zero-order valence-electron chi connectivity index (χ0n) is 10.6. The van der Waals surface area contributed by atoms with Crippen molar-refractivity contribution in [3.8, 4) is 22.8 Å². The molecule has 1 aromatic carbocycles. The highest BCUT2D eigenvalue weighted by Gasteiger charge is 2.23. The number of hydrogen-bond donors (Lipinski definition) is 0. The first-order valence-electron chi connectivity index (χ1n) is 6.06. The third kappa shape index (κ3) is 1.48. The van der Waals surface area contributed by atoms with E-state index in [0.717, 1.165) is 28.5 Å². The van der Waals surface area contributed by atoms with Crippen LogP contribution in [0.25, 0.3) is 17.1 Å². The molecule has 0 bridgehead atoms. The van der Waals surface area contributed by atoms with Crippen LogP contribution in [0.1, 0.15) is 5.69 Å². The van der Waals surface area contributed by atoms with Crippen molar-refractivity contribution in [3.63, 3.8) is 0 Å². The first-order valence-corrected chi connectivity index (χ1v) is 6.44. The number of hydrogen-bond acceptors (Lipinski definition) is 4. The Labute approximate surface area is 119 Å². The van der Waals surface area contributed by atoms with E-state index in [9.17, 15) is 0 Å². The van der Waals surface area contributed by atoms with Crippen molar-refractivity contribution in [3.05, 3.63) is 41.7 Å². The maximum atomic E-state index is 6.17. The van der Waals surface area contributed by atoms with Crippen LogP contribution in [-0.4, -0.2) is 31.4 Å². The second kappa shape index (κ2) is 4.08. The van der Waals surface area contributed by atoms with E-state index in [1.54, 1.807) is 19.8 Å². The Kier molecular flexibility index (Phi) is 2.34. The van der Waals surface area contributed by atoms with E-state index in [4.69, 9.17) is 16.3 Å². The number of aromatic nitrogens is 5. The third-order valence-corrected chi connectivity index (χ3v) is 3.75.